The van der Waals surface area contributed by atoms with Crippen LogP contribution in [0.5, 0.6) is 0 Å². The maximum absolute atomic E-state index is 12.6. The third-order valence-electron chi connectivity index (χ3n) is 3.77. The SMILES string of the molecule is O=C(c1cn(C2CNC2)nn1)c1cccc2ncccc12. The molecule has 0 unspecified atom stereocenters. The molecular weight excluding hydrogens is 266 g/mol. The monoisotopic (exact) mass is 279 g/mol. The lowest BCUT2D eigenvalue weighted by molar-refractivity contribution is 0.103. The second-order valence-corrected chi connectivity index (χ2v) is 5.10. The van der Waals surface area contributed by atoms with Crippen molar-refractivity contribution in [3.05, 3.63) is 54.0 Å². The first kappa shape index (κ1) is 12.2. The maximum atomic E-state index is 12.6. The van der Waals surface area contributed by atoms with Crippen LogP contribution in [0, 0.1) is 0 Å². The molecule has 0 radical (unpaired) electrons. The number of fused-ring (bicyclic) bond motifs is 1. The van der Waals surface area contributed by atoms with E-state index >= 15 is 0 Å². The molecule has 0 amide bonds. The van der Waals surface area contributed by atoms with Crippen LogP contribution in [-0.4, -0.2) is 38.9 Å². The molecule has 6 heteroatoms. The Labute approximate surface area is 120 Å². The molecule has 3 aromatic rings. The largest absolute Gasteiger partial charge is 0.312 e. The Morgan fingerprint density at radius 2 is 2.14 bits per heavy atom. The Balaban J connectivity index is 1.74. The van der Waals surface area contributed by atoms with Gasteiger partial charge in [-0.05, 0) is 12.1 Å². The lowest BCUT2D eigenvalue weighted by Crippen LogP contribution is -2.43. The van der Waals surface area contributed by atoms with Crippen molar-refractivity contribution in [2.24, 2.45) is 0 Å². The van der Waals surface area contributed by atoms with Gasteiger partial charge in [-0.25, -0.2) is 4.68 Å². The molecule has 0 aliphatic carbocycles. The zero-order chi connectivity index (χ0) is 14.2. The Kier molecular flexibility index (Phi) is 2.75. The Morgan fingerprint density at radius 1 is 1.24 bits per heavy atom. The van der Waals surface area contributed by atoms with E-state index in [1.807, 2.05) is 24.3 Å². The van der Waals surface area contributed by atoms with Gasteiger partial charge in [-0.1, -0.05) is 23.4 Å². The summed E-state index contributed by atoms with van der Waals surface area (Å²) >= 11 is 0. The second-order valence-electron chi connectivity index (χ2n) is 5.10. The minimum atomic E-state index is -0.118. The molecule has 0 spiro atoms. The van der Waals surface area contributed by atoms with Crippen LogP contribution >= 0.6 is 0 Å². The number of nitrogens with one attached hydrogen (secondary N) is 1. The van der Waals surface area contributed by atoms with E-state index in [-0.39, 0.29) is 5.78 Å². The summed E-state index contributed by atoms with van der Waals surface area (Å²) in [6.45, 7) is 1.74. The molecule has 21 heavy (non-hydrogen) atoms. The van der Waals surface area contributed by atoms with Crippen LogP contribution in [0.4, 0.5) is 0 Å². The maximum Gasteiger partial charge on any atom is 0.215 e. The molecule has 1 aliphatic heterocycles. The molecule has 0 atom stereocenters. The summed E-state index contributed by atoms with van der Waals surface area (Å²) in [6.07, 6.45) is 3.44. The first-order chi connectivity index (χ1) is 10.3. The van der Waals surface area contributed by atoms with Crippen molar-refractivity contribution in [2.45, 2.75) is 6.04 Å². The number of hydrogen-bond acceptors (Lipinski definition) is 5. The van der Waals surface area contributed by atoms with Crippen LogP contribution in [0.1, 0.15) is 22.1 Å². The summed E-state index contributed by atoms with van der Waals surface area (Å²) in [5, 5.41) is 12.1. The van der Waals surface area contributed by atoms with Crippen LogP contribution in [-0.2, 0) is 0 Å². The fraction of sp³-hybridized carbons (Fsp3) is 0.200. The number of benzene rings is 1. The quantitative estimate of drug-likeness (QED) is 0.729. The summed E-state index contributed by atoms with van der Waals surface area (Å²) in [4.78, 5) is 16.9. The van der Waals surface area contributed by atoms with Crippen LogP contribution in [0.3, 0.4) is 0 Å². The Bertz CT molecular complexity index is 816. The van der Waals surface area contributed by atoms with E-state index in [2.05, 4.69) is 20.6 Å². The third kappa shape index (κ3) is 2.00. The van der Waals surface area contributed by atoms with Gasteiger partial charge in [0.05, 0.1) is 17.8 Å². The van der Waals surface area contributed by atoms with Crippen LogP contribution in [0.2, 0.25) is 0 Å². The van der Waals surface area contributed by atoms with Gasteiger partial charge in [0.1, 0.15) is 0 Å². The highest BCUT2D eigenvalue weighted by Gasteiger charge is 2.22. The van der Waals surface area contributed by atoms with E-state index in [1.165, 1.54) is 0 Å². The van der Waals surface area contributed by atoms with E-state index in [9.17, 15) is 4.79 Å². The van der Waals surface area contributed by atoms with Gasteiger partial charge in [-0.2, -0.15) is 0 Å². The van der Waals surface area contributed by atoms with Gasteiger partial charge in [-0.15, -0.1) is 5.10 Å². The van der Waals surface area contributed by atoms with Crippen molar-refractivity contribution in [3.8, 4) is 0 Å². The number of aromatic nitrogens is 4. The average molecular weight is 279 g/mol. The summed E-state index contributed by atoms with van der Waals surface area (Å²) in [5.41, 5.74) is 1.79. The number of nitrogens with zero attached hydrogens (tertiary/aromatic N) is 4. The predicted molar refractivity (Wildman–Crippen MR) is 77.1 cm³/mol. The molecule has 104 valence electrons. The van der Waals surface area contributed by atoms with Crippen molar-refractivity contribution >= 4 is 16.7 Å². The molecule has 3 heterocycles. The summed E-state index contributed by atoms with van der Waals surface area (Å²) in [6, 6.07) is 9.56. The number of hydrogen-bond donors (Lipinski definition) is 1. The van der Waals surface area contributed by atoms with Crippen LogP contribution in [0.15, 0.2) is 42.7 Å². The van der Waals surface area contributed by atoms with E-state index < -0.39 is 0 Å². The molecule has 1 aromatic carbocycles. The van der Waals surface area contributed by atoms with Gasteiger partial charge >= 0.3 is 0 Å². The zero-order valence-electron chi connectivity index (χ0n) is 11.2. The normalized spacial score (nSPS) is 15.0. The van der Waals surface area contributed by atoms with Gasteiger partial charge < -0.3 is 5.32 Å². The van der Waals surface area contributed by atoms with Gasteiger partial charge in [0.2, 0.25) is 5.78 Å². The van der Waals surface area contributed by atoms with Gasteiger partial charge in [-0.3, -0.25) is 9.78 Å². The summed E-state index contributed by atoms with van der Waals surface area (Å²) < 4.78 is 1.76. The lowest BCUT2D eigenvalue weighted by atomic mass is 10.0. The van der Waals surface area contributed by atoms with Gasteiger partial charge in [0, 0.05) is 30.2 Å². The molecule has 1 aliphatic rings. The second kappa shape index (κ2) is 4.75. The number of carbonyl (C=O) groups excluding carboxylic acids is 1. The third-order valence-corrected chi connectivity index (χ3v) is 3.77. The fourth-order valence-corrected chi connectivity index (χ4v) is 2.46. The molecular formula is C15H13N5O. The summed E-state index contributed by atoms with van der Waals surface area (Å²) in [5.74, 6) is -0.118. The minimum Gasteiger partial charge on any atom is -0.312 e. The van der Waals surface area contributed by atoms with Crippen molar-refractivity contribution in [3.63, 3.8) is 0 Å². The highest BCUT2D eigenvalue weighted by Crippen LogP contribution is 2.19. The fourth-order valence-electron chi connectivity index (χ4n) is 2.46. The molecule has 1 fully saturated rings. The average Bonchev–Trinajstić information content (AvgIpc) is 2.93. The number of carbonyl (C=O) groups is 1. The van der Waals surface area contributed by atoms with E-state index in [0.717, 1.165) is 24.0 Å². The standard InChI is InChI=1S/C15H13N5O/c21-15(14-9-20(19-18-14)10-7-16-8-10)12-3-1-5-13-11(12)4-2-6-17-13/h1-6,9-10,16H,7-8H2. The molecule has 1 saturated heterocycles. The molecule has 6 nitrogen and oxygen atoms in total. The molecule has 4 rings (SSSR count). The highest BCUT2D eigenvalue weighted by molar-refractivity contribution is 6.14. The van der Waals surface area contributed by atoms with Crippen LogP contribution in [0.25, 0.3) is 10.9 Å². The van der Waals surface area contributed by atoms with Gasteiger partial charge in [0.15, 0.2) is 5.69 Å². The first-order valence-electron chi connectivity index (χ1n) is 6.84. The molecule has 1 N–H and O–H groups in total. The van der Waals surface area contributed by atoms with E-state index in [1.54, 1.807) is 23.1 Å². The molecule has 0 bridgehead atoms. The number of rotatable bonds is 3. The first-order valence-corrected chi connectivity index (χ1v) is 6.84. The van der Waals surface area contributed by atoms with E-state index in [0.29, 0.717) is 17.3 Å². The molecule has 0 saturated carbocycles. The smallest absolute Gasteiger partial charge is 0.215 e. The predicted octanol–water partition coefficient (Wildman–Crippen LogP) is 1.20. The van der Waals surface area contributed by atoms with Crippen molar-refractivity contribution < 1.29 is 4.79 Å². The topological polar surface area (TPSA) is 72.7 Å². The molecule has 2 aromatic heterocycles. The van der Waals surface area contributed by atoms with Crippen LogP contribution < -0.4 is 5.32 Å². The van der Waals surface area contributed by atoms with Crippen molar-refractivity contribution in [1.29, 1.82) is 0 Å². The van der Waals surface area contributed by atoms with Crippen molar-refractivity contribution in [2.75, 3.05) is 13.1 Å². The minimum absolute atomic E-state index is 0.118. The van der Waals surface area contributed by atoms with Gasteiger partial charge in [0.25, 0.3) is 0 Å². The Hall–Kier alpha value is -2.60. The zero-order valence-corrected chi connectivity index (χ0v) is 11.2. The number of ketones is 1. The van der Waals surface area contributed by atoms with E-state index in [4.69, 9.17) is 0 Å². The number of pyridine rings is 1. The highest BCUT2D eigenvalue weighted by atomic mass is 16.1. The van der Waals surface area contributed by atoms with Crippen molar-refractivity contribution in [1.82, 2.24) is 25.3 Å². The lowest BCUT2D eigenvalue weighted by Gasteiger charge is -2.26. The Morgan fingerprint density at radius 3 is 2.95 bits per heavy atom. The summed E-state index contributed by atoms with van der Waals surface area (Å²) in [7, 11) is 0.